The molecule has 0 aromatic heterocycles. The smallest absolute Gasteiger partial charge is 0.0346 e. The van der Waals surface area contributed by atoms with Crippen LogP contribution in [0.5, 0.6) is 0 Å². The predicted molar refractivity (Wildman–Crippen MR) is 94.1 cm³/mol. The summed E-state index contributed by atoms with van der Waals surface area (Å²) in [5.41, 5.74) is 20.8. The minimum absolute atomic E-state index is 0. The second kappa shape index (κ2) is 6.87. The van der Waals surface area contributed by atoms with Gasteiger partial charge in [0.25, 0.3) is 0 Å². The molecular formula is C16H22Cl2N2. The molecule has 0 atom stereocenters. The van der Waals surface area contributed by atoms with E-state index in [1.165, 1.54) is 22.3 Å². The average Bonchev–Trinajstić information content (AvgIpc) is 2.35. The highest BCUT2D eigenvalue weighted by Crippen LogP contribution is 2.33. The number of rotatable bonds is 1. The van der Waals surface area contributed by atoms with Gasteiger partial charge in [-0.3, -0.25) is 0 Å². The van der Waals surface area contributed by atoms with Crippen molar-refractivity contribution >= 4 is 36.2 Å². The monoisotopic (exact) mass is 312 g/mol. The molecule has 2 rings (SSSR count). The molecule has 0 amide bonds. The van der Waals surface area contributed by atoms with E-state index in [0.717, 1.165) is 22.5 Å². The third-order valence-electron chi connectivity index (χ3n) is 3.95. The van der Waals surface area contributed by atoms with E-state index < -0.39 is 0 Å². The Kier molecular flexibility index (Phi) is 6.39. The summed E-state index contributed by atoms with van der Waals surface area (Å²) in [7, 11) is 0. The fraction of sp³-hybridized carbons (Fsp3) is 0.250. The quantitative estimate of drug-likeness (QED) is 0.756. The molecule has 0 bridgehead atoms. The first-order valence-corrected chi connectivity index (χ1v) is 6.15. The maximum atomic E-state index is 5.94. The highest BCUT2D eigenvalue weighted by Gasteiger charge is 2.10. The van der Waals surface area contributed by atoms with E-state index in [1.54, 1.807) is 0 Å². The summed E-state index contributed by atoms with van der Waals surface area (Å²) in [6.45, 7) is 8.36. The summed E-state index contributed by atoms with van der Waals surface area (Å²) >= 11 is 0. The molecule has 110 valence electrons. The van der Waals surface area contributed by atoms with E-state index in [9.17, 15) is 0 Å². The van der Waals surface area contributed by atoms with E-state index in [4.69, 9.17) is 11.5 Å². The molecule has 0 aliphatic rings. The zero-order chi connectivity index (χ0) is 13.4. The van der Waals surface area contributed by atoms with Crippen molar-refractivity contribution in [2.24, 2.45) is 0 Å². The van der Waals surface area contributed by atoms with Crippen LogP contribution in [0.25, 0.3) is 11.1 Å². The van der Waals surface area contributed by atoms with E-state index in [-0.39, 0.29) is 24.8 Å². The van der Waals surface area contributed by atoms with E-state index >= 15 is 0 Å². The number of halogens is 2. The van der Waals surface area contributed by atoms with Crippen molar-refractivity contribution in [2.75, 3.05) is 11.5 Å². The molecule has 0 fully saturated rings. The van der Waals surface area contributed by atoms with Gasteiger partial charge in [0.15, 0.2) is 0 Å². The predicted octanol–water partition coefficient (Wildman–Crippen LogP) is 4.60. The van der Waals surface area contributed by atoms with Crippen molar-refractivity contribution in [1.82, 2.24) is 0 Å². The van der Waals surface area contributed by atoms with E-state index in [0.29, 0.717) is 0 Å². The van der Waals surface area contributed by atoms with Crippen LogP contribution in [-0.2, 0) is 0 Å². The van der Waals surface area contributed by atoms with Gasteiger partial charge in [-0.2, -0.15) is 0 Å². The van der Waals surface area contributed by atoms with Gasteiger partial charge >= 0.3 is 0 Å². The maximum absolute atomic E-state index is 5.94. The Labute approximate surface area is 133 Å². The van der Waals surface area contributed by atoms with Crippen LogP contribution < -0.4 is 11.5 Å². The van der Waals surface area contributed by atoms with Crippen molar-refractivity contribution in [3.05, 3.63) is 46.5 Å². The van der Waals surface area contributed by atoms with Gasteiger partial charge in [0.05, 0.1) is 0 Å². The summed E-state index contributed by atoms with van der Waals surface area (Å²) < 4.78 is 0. The van der Waals surface area contributed by atoms with E-state index in [1.807, 2.05) is 12.1 Å². The van der Waals surface area contributed by atoms with Crippen molar-refractivity contribution in [1.29, 1.82) is 0 Å². The number of hydrogen-bond donors (Lipinski definition) is 2. The van der Waals surface area contributed by atoms with Gasteiger partial charge in [-0.05, 0) is 73.2 Å². The van der Waals surface area contributed by atoms with Crippen molar-refractivity contribution in [3.63, 3.8) is 0 Å². The standard InChI is InChI=1S/C16H20N2.2ClH/c1-9-11(3)15(17)7-5-13(9)14-6-8-16(18)12(4)10(14)2;;/h5-8H,17-18H2,1-4H3;2*1H. The lowest BCUT2D eigenvalue weighted by Crippen LogP contribution is -1.98. The number of benzene rings is 2. The largest absolute Gasteiger partial charge is 0.399 e. The SMILES string of the molecule is Cc1c(N)ccc(-c2ccc(N)c(C)c2C)c1C.Cl.Cl. The number of nitrogen functional groups attached to an aromatic ring is 2. The molecule has 0 heterocycles. The molecule has 0 aliphatic carbocycles. The van der Waals surface area contributed by atoms with Crippen molar-refractivity contribution in [3.8, 4) is 11.1 Å². The van der Waals surface area contributed by atoms with Crippen LogP contribution in [-0.4, -0.2) is 0 Å². The first-order chi connectivity index (χ1) is 8.43. The van der Waals surface area contributed by atoms with Gasteiger partial charge in [-0.1, -0.05) is 12.1 Å². The molecule has 4 heteroatoms. The Bertz CT molecular complexity index is 567. The molecular weight excluding hydrogens is 291 g/mol. The molecule has 0 spiro atoms. The first-order valence-electron chi connectivity index (χ1n) is 6.15. The Balaban J connectivity index is 0.00000180. The van der Waals surface area contributed by atoms with Crippen LogP contribution >= 0.6 is 24.8 Å². The van der Waals surface area contributed by atoms with Gasteiger partial charge in [-0.25, -0.2) is 0 Å². The molecule has 2 aromatic carbocycles. The number of nitrogens with two attached hydrogens (primary N) is 2. The molecule has 0 unspecified atom stereocenters. The first kappa shape index (κ1) is 18.6. The Morgan fingerprint density at radius 1 is 0.550 bits per heavy atom. The zero-order valence-electron chi connectivity index (χ0n) is 12.3. The fourth-order valence-corrected chi connectivity index (χ4v) is 2.27. The molecule has 2 aromatic rings. The Morgan fingerprint density at radius 2 is 0.850 bits per heavy atom. The topological polar surface area (TPSA) is 52.0 Å². The molecule has 4 N–H and O–H groups in total. The summed E-state index contributed by atoms with van der Waals surface area (Å²) in [4.78, 5) is 0. The summed E-state index contributed by atoms with van der Waals surface area (Å²) in [6, 6.07) is 8.14. The normalized spacial score (nSPS) is 9.60. The highest BCUT2D eigenvalue weighted by molar-refractivity contribution is 5.85. The second-order valence-corrected chi connectivity index (χ2v) is 4.90. The highest BCUT2D eigenvalue weighted by atomic mass is 35.5. The molecule has 0 aliphatic heterocycles. The fourth-order valence-electron chi connectivity index (χ4n) is 2.27. The lowest BCUT2D eigenvalue weighted by molar-refractivity contribution is 1.30. The third-order valence-corrected chi connectivity index (χ3v) is 3.95. The van der Waals surface area contributed by atoms with Crippen molar-refractivity contribution < 1.29 is 0 Å². The lowest BCUT2D eigenvalue weighted by Gasteiger charge is -2.15. The molecule has 2 nitrogen and oxygen atoms in total. The minimum atomic E-state index is 0. The summed E-state index contributed by atoms with van der Waals surface area (Å²) in [5.74, 6) is 0. The average molecular weight is 313 g/mol. The Morgan fingerprint density at radius 3 is 1.15 bits per heavy atom. The minimum Gasteiger partial charge on any atom is -0.399 e. The van der Waals surface area contributed by atoms with Gasteiger partial charge in [0, 0.05) is 11.4 Å². The maximum Gasteiger partial charge on any atom is 0.0346 e. The summed E-state index contributed by atoms with van der Waals surface area (Å²) in [5, 5.41) is 0. The van der Waals surface area contributed by atoms with Crippen LogP contribution in [0.2, 0.25) is 0 Å². The summed E-state index contributed by atoms with van der Waals surface area (Å²) in [6.07, 6.45) is 0. The lowest BCUT2D eigenvalue weighted by atomic mass is 9.91. The molecule has 0 saturated heterocycles. The van der Waals surface area contributed by atoms with Gasteiger partial charge in [-0.15, -0.1) is 24.8 Å². The third kappa shape index (κ3) is 3.02. The zero-order valence-corrected chi connectivity index (χ0v) is 13.9. The van der Waals surface area contributed by atoms with Crippen LogP contribution in [0, 0.1) is 27.7 Å². The van der Waals surface area contributed by atoms with Crippen LogP contribution in [0.1, 0.15) is 22.3 Å². The van der Waals surface area contributed by atoms with Gasteiger partial charge in [0.1, 0.15) is 0 Å². The van der Waals surface area contributed by atoms with Crippen LogP contribution in [0.4, 0.5) is 11.4 Å². The Hall–Kier alpha value is -1.38. The van der Waals surface area contributed by atoms with Gasteiger partial charge in [0.2, 0.25) is 0 Å². The number of hydrogen-bond acceptors (Lipinski definition) is 2. The van der Waals surface area contributed by atoms with Crippen LogP contribution in [0.3, 0.4) is 0 Å². The molecule has 0 radical (unpaired) electrons. The number of anilines is 2. The molecule has 0 saturated carbocycles. The second-order valence-electron chi connectivity index (χ2n) is 4.90. The van der Waals surface area contributed by atoms with Gasteiger partial charge < -0.3 is 11.5 Å². The van der Waals surface area contributed by atoms with Crippen LogP contribution in [0.15, 0.2) is 24.3 Å². The van der Waals surface area contributed by atoms with Crippen molar-refractivity contribution in [2.45, 2.75) is 27.7 Å². The van der Waals surface area contributed by atoms with E-state index in [2.05, 4.69) is 39.8 Å². The molecule has 20 heavy (non-hydrogen) atoms.